The third-order valence-corrected chi connectivity index (χ3v) is 3.79. The lowest BCUT2D eigenvalue weighted by atomic mass is 9.97. The van der Waals surface area contributed by atoms with E-state index in [2.05, 4.69) is 39.9 Å². The maximum atomic E-state index is 3.56. The fourth-order valence-corrected chi connectivity index (χ4v) is 2.50. The van der Waals surface area contributed by atoms with Crippen molar-refractivity contribution in [2.24, 2.45) is 11.3 Å². The van der Waals surface area contributed by atoms with Gasteiger partial charge in [-0.05, 0) is 30.8 Å². The van der Waals surface area contributed by atoms with E-state index in [9.17, 15) is 0 Å². The third kappa shape index (κ3) is 18.0. The first-order chi connectivity index (χ1) is 9.42. The minimum Gasteiger partial charge on any atom is -0.316 e. The van der Waals surface area contributed by atoms with E-state index in [-0.39, 0.29) is 0 Å². The zero-order valence-electron chi connectivity index (χ0n) is 15.1. The molecule has 0 fully saturated rings. The van der Waals surface area contributed by atoms with E-state index < -0.39 is 0 Å². The summed E-state index contributed by atoms with van der Waals surface area (Å²) in [5.74, 6) is 0.891. The van der Waals surface area contributed by atoms with Crippen molar-refractivity contribution in [3.8, 4) is 0 Å². The molecule has 0 atom stereocenters. The van der Waals surface area contributed by atoms with Gasteiger partial charge in [-0.2, -0.15) is 0 Å². The summed E-state index contributed by atoms with van der Waals surface area (Å²) in [6.07, 6.45) is 14.3. The van der Waals surface area contributed by atoms with Crippen molar-refractivity contribution in [2.75, 3.05) is 13.1 Å². The molecule has 0 radical (unpaired) electrons. The molecule has 0 rings (SSSR count). The fraction of sp³-hybridized carbons (Fsp3) is 1.00. The summed E-state index contributed by atoms with van der Waals surface area (Å²) in [6, 6.07) is 0. The molecule has 1 N–H and O–H groups in total. The van der Waals surface area contributed by atoms with Crippen molar-refractivity contribution >= 4 is 0 Å². The van der Waals surface area contributed by atoms with Crippen molar-refractivity contribution in [1.82, 2.24) is 5.32 Å². The van der Waals surface area contributed by atoms with Crippen LogP contribution < -0.4 is 5.32 Å². The Morgan fingerprint density at radius 3 is 1.60 bits per heavy atom. The van der Waals surface area contributed by atoms with Crippen molar-refractivity contribution < 1.29 is 0 Å². The van der Waals surface area contributed by atoms with Gasteiger partial charge in [0.15, 0.2) is 0 Å². The smallest absolute Gasteiger partial charge is 0.0000126 e. The summed E-state index contributed by atoms with van der Waals surface area (Å²) in [7, 11) is 0. The minimum absolute atomic E-state index is 0.426. The number of unbranched alkanes of at least 4 members (excludes halogenated alkanes) is 8. The molecular formula is C19H41N. The van der Waals surface area contributed by atoms with Crippen LogP contribution in [0.1, 0.15) is 98.8 Å². The van der Waals surface area contributed by atoms with Gasteiger partial charge in [-0.15, -0.1) is 0 Å². The molecule has 1 nitrogen and oxygen atoms in total. The molecule has 20 heavy (non-hydrogen) atoms. The van der Waals surface area contributed by atoms with E-state index in [1.54, 1.807) is 0 Å². The second-order valence-corrected chi connectivity index (χ2v) is 8.10. The second kappa shape index (κ2) is 12.7. The summed E-state index contributed by atoms with van der Waals surface area (Å²) in [6.45, 7) is 13.9. The molecule has 0 aromatic heterocycles. The largest absolute Gasteiger partial charge is 0.316 e. The Hall–Kier alpha value is -0.0400. The minimum atomic E-state index is 0.426. The quantitative estimate of drug-likeness (QED) is 0.398. The molecule has 0 aliphatic heterocycles. The van der Waals surface area contributed by atoms with Crippen molar-refractivity contribution in [3.63, 3.8) is 0 Å². The van der Waals surface area contributed by atoms with Crippen LogP contribution in [0, 0.1) is 11.3 Å². The molecule has 0 saturated carbocycles. The van der Waals surface area contributed by atoms with Crippen LogP contribution in [0.2, 0.25) is 0 Å². The average Bonchev–Trinajstić information content (AvgIpc) is 2.33. The highest BCUT2D eigenvalue weighted by atomic mass is 14.9. The Morgan fingerprint density at radius 2 is 1.15 bits per heavy atom. The van der Waals surface area contributed by atoms with E-state index >= 15 is 0 Å². The molecule has 1 heteroatoms. The predicted octanol–water partition coefficient (Wildman–Crippen LogP) is 6.18. The van der Waals surface area contributed by atoms with Crippen LogP contribution in [0.15, 0.2) is 0 Å². The molecular weight excluding hydrogens is 242 g/mol. The molecule has 122 valence electrons. The Morgan fingerprint density at radius 1 is 0.700 bits per heavy atom. The van der Waals surface area contributed by atoms with E-state index in [0.717, 1.165) is 12.5 Å². The molecule has 0 amide bonds. The molecule has 0 saturated heterocycles. The summed E-state index contributed by atoms with van der Waals surface area (Å²) in [4.78, 5) is 0. The molecule has 0 aromatic rings. The van der Waals surface area contributed by atoms with Crippen LogP contribution in [0.5, 0.6) is 0 Å². The van der Waals surface area contributed by atoms with Crippen LogP contribution in [0.4, 0.5) is 0 Å². The average molecular weight is 284 g/mol. The maximum Gasteiger partial charge on any atom is -0.0000126 e. The van der Waals surface area contributed by atoms with Crippen LogP contribution >= 0.6 is 0 Å². The lowest BCUT2D eigenvalue weighted by molar-refractivity contribution is 0.377. The van der Waals surface area contributed by atoms with Crippen LogP contribution in [-0.2, 0) is 0 Å². The number of hydrogen-bond donors (Lipinski definition) is 1. The van der Waals surface area contributed by atoms with Crippen LogP contribution in [0.3, 0.4) is 0 Å². The van der Waals surface area contributed by atoms with Gasteiger partial charge in [0.05, 0.1) is 0 Å². The molecule has 0 unspecified atom stereocenters. The van der Waals surface area contributed by atoms with Gasteiger partial charge in [-0.1, -0.05) is 92.4 Å². The summed E-state index contributed by atoms with van der Waals surface area (Å²) >= 11 is 0. The molecule has 0 aromatic carbocycles. The number of rotatable bonds is 13. The molecule has 0 bridgehead atoms. The Bertz CT molecular complexity index is 190. The van der Waals surface area contributed by atoms with Gasteiger partial charge in [0.2, 0.25) is 0 Å². The van der Waals surface area contributed by atoms with Crippen molar-refractivity contribution in [3.05, 3.63) is 0 Å². The highest BCUT2D eigenvalue weighted by Crippen LogP contribution is 2.13. The zero-order valence-corrected chi connectivity index (χ0v) is 15.1. The number of nitrogens with one attached hydrogen (secondary N) is 1. The zero-order chi connectivity index (χ0) is 15.3. The van der Waals surface area contributed by atoms with Gasteiger partial charge in [-0.25, -0.2) is 0 Å². The molecule has 0 spiro atoms. The van der Waals surface area contributed by atoms with E-state index in [0.29, 0.717) is 5.41 Å². The summed E-state index contributed by atoms with van der Waals surface area (Å²) in [5.41, 5.74) is 0.426. The van der Waals surface area contributed by atoms with E-state index in [1.165, 1.54) is 70.8 Å². The first kappa shape index (κ1) is 20.0. The van der Waals surface area contributed by atoms with E-state index in [4.69, 9.17) is 0 Å². The van der Waals surface area contributed by atoms with Crippen molar-refractivity contribution in [2.45, 2.75) is 98.8 Å². The fourth-order valence-electron chi connectivity index (χ4n) is 2.50. The lowest BCUT2D eigenvalue weighted by Crippen LogP contribution is -2.27. The van der Waals surface area contributed by atoms with Gasteiger partial charge in [0, 0.05) is 0 Å². The number of hydrogen-bond acceptors (Lipinski definition) is 1. The highest BCUT2D eigenvalue weighted by Gasteiger charge is 2.07. The Kier molecular flexibility index (Phi) is 12.7. The summed E-state index contributed by atoms with van der Waals surface area (Å²) in [5, 5.41) is 3.56. The SMILES string of the molecule is CC(C)CCCCCCCCCCCNCC(C)(C)C. The summed E-state index contributed by atoms with van der Waals surface area (Å²) < 4.78 is 0. The Balaban J connectivity index is 3.03. The Labute approximate surface area is 129 Å². The lowest BCUT2D eigenvalue weighted by Gasteiger charge is -2.18. The topological polar surface area (TPSA) is 12.0 Å². The first-order valence-electron chi connectivity index (χ1n) is 9.12. The van der Waals surface area contributed by atoms with Crippen molar-refractivity contribution in [1.29, 1.82) is 0 Å². The van der Waals surface area contributed by atoms with Gasteiger partial charge in [-0.3, -0.25) is 0 Å². The predicted molar refractivity (Wildman–Crippen MR) is 93.3 cm³/mol. The monoisotopic (exact) mass is 283 g/mol. The normalized spacial score (nSPS) is 12.3. The second-order valence-electron chi connectivity index (χ2n) is 8.10. The molecule has 0 aliphatic rings. The van der Waals surface area contributed by atoms with Gasteiger partial charge < -0.3 is 5.32 Å². The van der Waals surface area contributed by atoms with Gasteiger partial charge >= 0.3 is 0 Å². The third-order valence-electron chi connectivity index (χ3n) is 3.79. The van der Waals surface area contributed by atoms with E-state index in [1.807, 2.05) is 0 Å². The highest BCUT2D eigenvalue weighted by molar-refractivity contribution is 4.64. The maximum absolute atomic E-state index is 3.56. The van der Waals surface area contributed by atoms with Gasteiger partial charge in [0.25, 0.3) is 0 Å². The molecule has 0 heterocycles. The van der Waals surface area contributed by atoms with Gasteiger partial charge in [0.1, 0.15) is 0 Å². The standard InChI is InChI=1S/C19H41N/c1-18(2)15-13-11-9-7-6-8-10-12-14-16-20-17-19(3,4)5/h18,20H,6-17H2,1-5H3. The van der Waals surface area contributed by atoms with Crippen LogP contribution in [0.25, 0.3) is 0 Å². The molecule has 0 aliphatic carbocycles. The first-order valence-corrected chi connectivity index (χ1v) is 9.12. The van der Waals surface area contributed by atoms with Crippen LogP contribution in [-0.4, -0.2) is 13.1 Å².